The molecule has 44 heavy (non-hydrogen) atoms. The van der Waals surface area contributed by atoms with Gasteiger partial charge in [0.1, 0.15) is 0 Å². The molecule has 11 nitrogen and oxygen atoms in total. The third-order valence-corrected chi connectivity index (χ3v) is 9.79. The second-order valence-electron chi connectivity index (χ2n) is 11.4. The summed E-state index contributed by atoms with van der Waals surface area (Å²) in [6.07, 6.45) is 7.52. The highest BCUT2D eigenvalue weighted by atomic mass is 32.2. The van der Waals surface area contributed by atoms with Crippen molar-refractivity contribution in [1.29, 1.82) is 0 Å². The zero-order valence-corrected chi connectivity index (χ0v) is 25.7. The third-order valence-electron chi connectivity index (χ3n) is 8.52. The minimum absolute atomic E-state index is 0.0602. The minimum atomic E-state index is -3.25. The summed E-state index contributed by atoms with van der Waals surface area (Å²) in [5.74, 6) is 1.06. The largest absolute Gasteiger partial charge is 0.359 e. The molecule has 0 unspecified atom stereocenters. The molecule has 3 aromatic heterocycles. The number of carbonyl (C=O) groups excluding carboxylic acids is 1. The highest BCUT2D eigenvalue weighted by Crippen LogP contribution is 2.40. The quantitative estimate of drug-likeness (QED) is 0.280. The first-order chi connectivity index (χ1) is 21.1. The number of para-hydroxylation sites is 1. The van der Waals surface area contributed by atoms with E-state index in [1.165, 1.54) is 10.6 Å². The molecule has 2 aliphatic rings. The number of aromatic amines is 1. The number of nitrogens with one attached hydrogen (secondary N) is 2. The van der Waals surface area contributed by atoms with Crippen molar-refractivity contribution in [2.75, 3.05) is 29.6 Å². The number of H-pyrrole nitrogens is 1. The average molecular weight is 609 g/mol. The van der Waals surface area contributed by atoms with E-state index < -0.39 is 10.0 Å². The van der Waals surface area contributed by atoms with Crippen LogP contribution in [0.3, 0.4) is 0 Å². The van der Waals surface area contributed by atoms with Crippen molar-refractivity contribution < 1.29 is 13.2 Å². The van der Waals surface area contributed by atoms with E-state index in [2.05, 4.69) is 20.4 Å². The summed E-state index contributed by atoms with van der Waals surface area (Å²) in [5, 5.41) is 8.60. The first-order valence-corrected chi connectivity index (χ1v) is 16.2. The molecule has 7 rings (SSSR count). The maximum atomic E-state index is 13.8. The second-order valence-corrected chi connectivity index (χ2v) is 13.4. The van der Waals surface area contributed by atoms with Crippen molar-refractivity contribution in [1.82, 2.24) is 29.0 Å². The number of nitrogens with zero attached hydrogens (tertiary/aromatic N) is 6. The van der Waals surface area contributed by atoms with Gasteiger partial charge in [-0.1, -0.05) is 30.3 Å². The van der Waals surface area contributed by atoms with Gasteiger partial charge >= 0.3 is 0 Å². The summed E-state index contributed by atoms with van der Waals surface area (Å²) in [5.41, 5.74) is 8.98. The first-order valence-electron chi connectivity index (χ1n) is 14.4. The molecule has 0 saturated heterocycles. The van der Waals surface area contributed by atoms with Gasteiger partial charge in [-0.15, -0.1) is 0 Å². The number of hydrogen-bond donors (Lipinski definition) is 2. The standard InChI is InChI=1S/C32H32N8O3S/c1-19-16-34-32(35-28-15-20(2)38(3)37-28)36-29(19)25-17-33-30-23(25)8-6-10-27(30)40-18-26-22(7-5-9-24(26)31(40)41)21-11-13-39(14-12-21)44(4,42)43/h5-11,15-17,33H,12-14,18H2,1-4H3,(H,34,35,36,37). The number of aromatic nitrogens is 5. The summed E-state index contributed by atoms with van der Waals surface area (Å²) in [6.45, 7) is 5.15. The van der Waals surface area contributed by atoms with Crippen molar-refractivity contribution in [3.8, 4) is 11.3 Å². The molecule has 0 saturated carbocycles. The Bertz CT molecular complexity index is 2090. The zero-order valence-electron chi connectivity index (χ0n) is 24.9. The van der Waals surface area contributed by atoms with E-state index in [1.807, 2.05) is 80.5 Å². The third kappa shape index (κ3) is 4.76. The maximum absolute atomic E-state index is 13.8. The molecule has 2 N–H and O–H groups in total. The summed E-state index contributed by atoms with van der Waals surface area (Å²) in [7, 11) is -1.36. The molecule has 0 spiro atoms. The maximum Gasteiger partial charge on any atom is 0.259 e. The highest BCUT2D eigenvalue weighted by molar-refractivity contribution is 7.88. The van der Waals surface area contributed by atoms with E-state index in [9.17, 15) is 13.2 Å². The lowest BCUT2D eigenvalue weighted by Crippen LogP contribution is -2.33. The molecule has 1 amide bonds. The van der Waals surface area contributed by atoms with Crippen molar-refractivity contribution in [3.63, 3.8) is 0 Å². The molecule has 0 aliphatic carbocycles. The number of carbonyl (C=O) groups is 1. The van der Waals surface area contributed by atoms with Crippen LogP contribution in [0.15, 0.2) is 60.9 Å². The lowest BCUT2D eigenvalue weighted by molar-refractivity contribution is 0.0997. The summed E-state index contributed by atoms with van der Waals surface area (Å²) >= 11 is 0. The molecule has 0 fully saturated rings. The van der Waals surface area contributed by atoms with E-state index in [0.29, 0.717) is 43.4 Å². The van der Waals surface area contributed by atoms with Gasteiger partial charge in [0, 0.05) is 60.8 Å². The van der Waals surface area contributed by atoms with Crippen molar-refractivity contribution in [2.45, 2.75) is 26.8 Å². The van der Waals surface area contributed by atoms with E-state index >= 15 is 0 Å². The highest BCUT2D eigenvalue weighted by Gasteiger charge is 2.33. The van der Waals surface area contributed by atoms with Gasteiger partial charge in [0.25, 0.3) is 5.91 Å². The Morgan fingerprint density at radius 1 is 1.05 bits per heavy atom. The van der Waals surface area contributed by atoms with Gasteiger partial charge in [-0.25, -0.2) is 18.4 Å². The van der Waals surface area contributed by atoms with Crippen LogP contribution >= 0.6 is 0 Å². The van der Waals surface area contributed by atoms with Gasteiger partial charge in [0.15, 0.2) is 5.82 Å². The number of aryl methyl sites for hydroxylation is 3. The Kier molecular flexibility index (Phi) is 6.63. The number of anilines is 3. The Balaban J connectivity index is 1.22. The van der Waals surface area contributed by atoms with Gasteiger partial charge in [-0.05, 0) is 54.7 Å². The van der Waals surface area contributed by atoms with Crippen LogP contribution in [0, 0.1) is 13.8 Å². The zero-order chi connectivity index (χ0) is 30.7. The number of amides is 1. The molecule has 2 aromatic carbocycles. The van der Waals surface area contributed by atoms with Crippen LogP contribution in [0.4, 0.5) is 17.5 Å². The molecular formula is C32H32N8O3S. The van der Waals surface area contributed by atoms with Gasteiger partial charge in [-0.2, -0.15) is 9.40 Å². The predicted octanol–water partition coefficient (Wildman–Crippen LogP) is 4.93. The van der Waals surface area contributed by atoms with E-state index in [1.54, 1.807) is 10.9 Å². The van der Waals surface area contributed by atoms with E-state index in [4.69, 9.17) is 4.98 Å². The fourth-order valence-corrected chi connectivity index (χ4v) is 6.86. The molecule has 224 valence electrons. The van der Waals surface area contributed by atoms with Gasteiger partial charge in [0.05, 0.1) is 29.7 Å². The fourth-order valence-electron chi connectivity index (χ4n) is 6.10. The van der Waals surface area contributed by atoms with Crippen LogP contribution in [-0.2, 0) is 23.6 Å². The van der Waals surface area contributed by atoms with Gasteiger partial charge in [0.2, 0.25) is 16.0 Å². The van der Waals surface area contributed by atoms with Crippen LogP contribution in [0.1, 0.15) is 39.2 Å². The van der Waals surface area contributed by atoms with E-state index in [0.717, 1.165) is 55.8 Å². The lowest BCUT2D eigenvalue weighted by Gasteiger charge is -2.25. The SMILES string of the molecule is Cc1cnc(Nc2cc(C)n(C)n2)nc1-c1c[nH]c2c(N3Cc4c(cccc4C4=CCN(S(C)(=O)=O)CC4)C3=O)cccc12. The van der Waals surface area contributed by atoms with E-state index in [-0.39, 0.29) is 5.91 Å². The van der Waals surface area contributed by atoms with Crippen LogP contribution in [0.2, 0.25) is 0 Å². The van der Waals surface area contributed by atoms with Crippen molar-refractivity contribution in [3.05, 3.63) is 88.9 Å². The van der Waals surface area contributed by atoms with Crippen LogP contribution in [0.25, 0.3) is 27.7 Å². The number of benzene rings is 2. The Hall–Kier alpha value is -4.81. The Labute approximate surface area is 255 Å². The van der Waals surface area contributed by atoms with Gasteiger partial charge < -0.3 is 15.2 Å². The topological polar surface area (TPSA) is 129 Å². The van der Waals surface area contributed by atoms with Crippen molar-refractivity contribution >= 4 is 49.9 Å². The molecule has 5 heterocycles. The number of sulfonamides is 1. The number of hydrogen-bond acceptors (Lipinski definition) is 7. The summed E-state index contributed by atoms with van der Waals surface area (Å²) in [6, 6.07) is 13.7. The smallest absolute Gasteiger partial charge is 0.259 e. The molecule has 0 radical (unpaired) electrons. The van der Waals surface area contributed by atoms with Crippen LogP contribution in [0.5, 0.6) is 0 Å². The van der Waals surface area contributed by atoms with Crippen molar-refractivity contribution in [2.24, 2.45) is 7.05 Å². The normalized spacial score (nSPS) is 15.6. The molecule has 12 heteroatoms. The minimum Gasteiger partial charge on any atom is -0.359 e. The monoisotopic (exact) mass is 608 g/mol. The summed E-state index contributed by atoms with van der Waals surface area (Å²) < 4.78 is 27.3. The average Bonchev–Trinajstić information content (AvgIpc) is 3.68. The predicted molar refractivity (Wildman–Crippen MR) is 171 cm³/mol. The van der Waals surface area contributed by atoms with Gasteiger partial charge in [-0.3, -0.25) is 9.48 Å². The first kappa shape index (κ1) is 28.0. The molecule has 0 atom stereocenters. The molecule has 5 aromatic rings. The molecule has 0 bridgehead atoms. The Morgan fingerprint density at radius 2 is 1.84 bits per heavy atom. The molecule has 2 aliphatic heterocycles. The second kappa shape index (κ2) is 10.4. The lowest BCUT2D eigenvalue weighted by atomic mass is 9.93. The fraction of sp³-hybridized carbons (Fsp3) is 0.250. The number of fused-ring (bicyclic) bond motifs is 2. The number of rotatable bonds is 6. The van der Waals surface area contributed by atoms with Crippen LogP contribution in [-0.4, -0.2) is 62.7 Å². The summed E-state index contributed by atoms with van der Waals surface area (Å²) in [4.78, 5) is 28.3. The Morgan fingerprint density at radius 3 is 2.57 bits per heavy atom. The van der Waals surface area contributed by atoms with Crippen LogP contribution < -0.4 is 10.2 Å². The molecular weight excluding hydrogens is 576 g/mol.